The standard InChI is InChI=1S/C8H11FN2/c1-6(10)2-7-3-8(9)5-11-4-7/h3-6H,2,10H2,1H3/t6-/m1/s1. The molecule has 0 radical (unpaired) electrons. The Morgan fingerprint density at radius 3 is 2.91 bits per heavy atom. The lowest BCUT2D eigenvalue weighted by molar-refractivity contribution is 0.615. The second-order valence-corrected chi connectivity index (χ2v) is 2.69. The molecular weight excluding hydrogens is 143 g/mol. The van der Waals surface area contributed by atoms with Crippen LogP contribution in [0.4, 0.5) is 4.39 Å². The minimum atomic E-state index is -0.303. The quantitative estimate of drug-likeness (QED) is 0.693. The molecule has 11 heavy (non-hydrogen) atoms. The third kappa shape index (κ3) is 2.63. The summed E-state index contributed by atoms with van der Waals surface area (Å²) in [5, 5.41) is 0. The van der Waals surface area contributed by atoms with Crippen LogP contribution in [0.15, 0.2) is 18.5 Å². The van der Waals surface area contributed by atoms with Crippen LogP contribution in [0.5, 0.6) is 0 Å². The lowest BCUT2D eigenvalue weighted by Gasteiger charge is -2.03. The monoisotopic (exact) mass is 154 g/mol. The van der Waals surface area contributed by atoms with Crippen LogP contribution in [-0.4, -0.2) is 11.0 Å². The van der Waals surface area contributed by atoms with Gasteiger partial charge in [-0.05, 0) is 25.0 Å². The highest BCUT2D eigenvalue weighted by atomic mass is 19.1. The average Bonchev–Trinajstić information content (AvgIpc) is 1.85. The number of hydrogen-bond acceptors (Lipinski definition) is 2. The van der Waals surface area contributed by atoms with Gasteiger partial charge >= 0.3 is 0 Å². The zero-order chi connectivity index (χ0) is 8.27. The number of rotatable bonds is 2. The van der Waals surface area contributed by atoms with Crippen molar-refractivity contribution in [1.82, 2.24) is 4.98 Å². The van der Waals surface area contributed by atoms with Crippen molar-refractivity contribution < 1.29 is 4.39 Å². The lowest BCUT2D eigenvalue weighted by Crippen LogP contribution is -2.17. The molecule has 0 spiro atoms. The van der Waals surface area contributed by atoms with Crippen molar-refractivity contribution in [2.24, 2.45) is 5.73 Å². The Bertz CT molecular complexity index is 235. The highest BCUT2D eigenvalue weighted by Gasteiger charge is 1.98. The van der Waals surface area contributed by atoms with Gasteiger partial charge in [0.05, 0.1) is 6.20 Å². The van der Waals surface area contributed by atoms with Crippen LogP contribution < -0.4 is 5.73 Å². The number of nitrogens with zero attached hydrogens (tertiary/aromatic N) is 1. The van der Waals surface area contributed by atoms with Crippen LogP contribution in [0.1, 0.15) is 12.5 Å². The summed E-state index contributed by atoms with van der Waals surface area (Å²) in [5.41, 5.74) is 6.37. The van der Waals surface area contributed by atoms with E-state index in [1.807, 2.05) is 6.92 Å². The summed E-state index contributed by atoms with van der Waals surface area (Å²) in [7, 11) is 0. The van der Waals surface area contributed by atoms with Gasteiger partial charge in [-0.25, -0.2) is 4.39 Å². The molecule has 0 saturated carbocycles. The van der Waals surface area contributed by atoms with Crippen molar-refractivity contribution in [2.75, 3.05) is 0 Å². The van der Waals surface area contributed by atoms with Gasteiger partial charge in [-0.2, -0.15) is 0 Å². The number of aromatic nitrogens is 1. The van der Waals surface area contributed by atoms with Gasteiger partial charge in [-0.1, -0.05) is 0 Å². The van der Waals surface area contributed by atoms with E-state index in [1.54, 1.807) is 6.20 Å². The maximum atomic E-state index is 12.5. The predicted octanol–water partition coefficient (Wildman–Crippen LogP) is 1.11. The molecule has 0 bridgehead atoms. The van der Waals surface area contributed by atoms with Gasteiger partial charge in [-0.3, -0.25) is 4.98 Å². The average molecular weight is 154 g/mol. The van der Waals surface area contributed by atoms with E-state index >= 15 is 0 Å². The van der Waals surface area contributed by atoms with Crippen molar-refractivity contribution in [1.29, 1.82) is 0 Å². The normalized spacial score (nSPS) is 13.0. The molecule has 1 rings (SSSR count). The zero-order valence-electron chi connectivity index (χ0n) is 6.42. The molecule has 60 valence electrons. The second kappa shape index (κ2) is 3.44. The van der Waals surface area contributed by atoms with E-state index in [1.165, 1.54) is 12.3 Å². The molecule has 1 aromatic rings. The van der Waals surface area contributed by atoms with Crippen molar-refractivity contribution >= 4 is 0 Å². The third-order valence-corrected chi connectivity index (χ3v) is 1.32. The summed E-state index contributed by atoms with van der Waals surface area (Å²) in [6.07, 6.45) is 3.49. The number of nitrogens with two attached hydrogens (primary N) is 1. The summed E-state index contributed by atoms with van der Waals surface area (Å²) in [4.78, 5) is 3.71. The summed E-state index contributed by atoms with van der Waals surface area (Å²) in [6, 6.07) is 1.51. The van der Waals surface area contributed by atoms with Crippen molar-refractivity contribution in [3.8, 4) is 0 Å². The minimum absolute atomic E-state index is 0.0543. The van der Waals surface area contributed by atoms with E-state index in [0.717, 1.165) is 5.56 Å². The van der Waals surface area contributed by atoms with Gasteiger partial charge < -0.3 is 5.73 Å². The Labute approximate surface area is 65.3 Å². The fourth-order valence-corrected chi connectivity index (χ4v) is 0.939. The molecule has 1 heterocycles. The zero-order valence-corrected chi connectivity index (χ0v) is 6.42. The molecule has 0 fully saturated rings. The fourth-order valence-electron chi connectivity index (χ4n) is 0.939. The molecule has 0 aromatic carbocycles. The Kier molecular flexibility index (Phi) is 2.54. The summed E-state index contributed by atoms with van der Waals surface area (Å²) >= 11 is 0. The first kappa shape index (κ1) is 8.14. The molecule has 0 saturated heterocycles. The first-order valence-corrected chi connectivity index (χ1v) is 3.53. The molecule has 3 heteroatoms. The van der Waals surface area contributed by atoms with Gasteiger partial charge in [0.2, 0.25) is 0 Å². The van der Waals surface area contributed by atoms with E-state index in [0.29, 0.717) is 6.42 Å². The van der Waals surface area contributed by atoms with E-state index in [4.69, 9.17) is 5.73 Å². The number of pyridine rings is 1. The molecular formula is C8H11FN2. The molecule has 2 nitrogen and oxygen atoms in total. The topological polar surface area (TPSA) is 38.9 Å². The van der Waals surface area contributed by atoms with Crippen LogP contribution in [0.3, 0.4) is 0 Å². The number of hydrogen-bond donors (Lipinski definition) is 1. The highest BCUT2D eigenvalue weighted by Crippen LogP contribution is 2.02. The molecule has 1 atom stereocenters. The molecule has 1 aromatic heterocycles. The number of halogens is 1. The Balaban J connectivity index is 2.71. The summed E-state index contributed by atoms with van der Waals surface area (Å²) in [5.74, 6) is -0.303. The second-order valence-electron chi connectivity index (χ2n) is 2.69. The maximum Gasteiger partial charge on any atom is 0.141 e. The summed E-state index contributed by atoms with van der Waals surface area (Å²) in [6.45, 7) is 1.88. The van der Waals surface area contributed by atoms with Crippen LogP contribution >= 0.6 is 0 Å². The predicted molar refractivity (Wildman–Crippen MR) is 41.5 cm³/mol. The first-order chi connectivity index (χ1) is 5.18. The summed E-state index contributed by atoms with van der Waals surface area (Å²) < 4.78 is 12.5. The molecule has 2 N–H and O–H groups in total. The molecule has 0 aliphatic carbocycles. The van der Waals surface area contributed by atoms with Crippen molar-refractivity contribution in [3.05, 3.63) is 29.8 Å². The molecule has 0 amide bonds. The van der Waals surface area contributed by atoms with Crippen molar-refractivity contribution in [2.45, 2.75) is 19.4 Å². The van der Waals surface area contributed by atoms with Gasteiger partial charge in [0.25, 0.3) is 0 Å². The SMILES string of the molecule is C[C@@H](N)Cc1cncc(F)c1. The van der Waals surface area contributed by atoms with Crippen LogP contribution in [0.2, 0.25) is 0 Å². The highest BCUT2D eigenvalue weighted by molar-refractivity contribution is 5.11. The first-order valence-electron chi connectivity index (χ1n) is 3.53. The van der Waals surface area contributed by atoms with Gasteiger partial charge in [0.1, 0.15) is 5.82 Å². The Hall–Kier alpha value is -0.960. The van der Waals surface area contributed by atoms with Gasteiger partial charge in [0.15, 0.2) is 0 Å². The Morgan fingerprint density at radius 2 is 2.36 bits per heavy atom. The van der Waals surface area contributed by atoms with Crippen LogP contribution in [-0.2, 0) is 6.42 Å². The maximum absolute atomic E-state index is 12.5. The van der Waals surface area contributed by atoms with E-state index in [-0.39, 0.29) is 11.9 Å². The Morgan fingerprint density at radius 1 is 1.64 bits per heavy atom. The van der Waals surface area contributed by atoms with Crippen molar-refractivity contribution in [3.63, 3.8) is 0 Å². The largest absolute Gasteiger partial charge is 0.328 e. The van der Waals surface area contributed by atoms with Gasteiger partial charge in [-0.15, -0.1) is 0 Å². The van der Waals surface area contributed by atoms with E-state index in [2.05, 4.69) is 4.98 Å². The third-order valence-electron chi connectivity index (χ3n) is 1.32. The molecule has 0 unspecified atom stereocenters. The lowest BCUT2D eigenvalue weighted by atomic mass is 10.1. The molecule has 0 aliphatic heterocycles. The minimum Gasteiger partial charge on any atom is -0.328 e. The van der Waals surface area contributed by atoms with Crippen LogP contribution in [0, 0.1) is 5.82 Å². The van der Waals surface area contributed by atoms with Gasteiger partial charge in [0, 0.05) is 12.2 Å². The van der Waals surface area contributed by atoms with Crippen LogP contribution in [0.25, 0.3) is 0 Å². The van der Waals surface area contributed by atoms with E-state index in [9.17, 15) is 4.39 Å². The molecule has 0 aliphatic rings. The fraction of sp³-hybridized carbons (Fsp3) is 0.375. The smallest absolute Gasteiger partial charge is 0.141 e. The van der Waals surface area contributed by atoms with E-state index < -0.39 is 0 Å².